The van der Waals surface area contributed by atoms with Crippen LogP contribution < -0.4 is 4.74 Å². The average molecular weight is 378 g/mol. The molecule has 2 fully saturated rings. The van der Waals surface area contributed by atoms with Crippen molar-refractivity contribution >= 4 is 23.1 Å². The number of amides is 1. The minimum atomic E-state index is -0.0100. The zero-order valence-electron chi connectivity index (χ0n) is 15.3. The molecule has 0 unspecified atom stereocenters. The largest absolute Gasteiger partial charge is 0.484 e. The maximum Gasteiger partial charge on any atom is 0.260 e. The molecule has 1 amide bonds. The zero-order chi connectivity index (χ0) is 18.5. The van der Waals surface area contributed by atoms with Crippen LogP contribution >= 0.6 is 12.2 Å². The van der Waals surface area contributed by atoms with Gasteiger partial charge in [-0.05, 0) is 38.1 Å². The Morgan fingerprint density at radius 3 is 2.35 bits per heavy atom. The summed E-state index contributed by atoms with van der Waals surface area (Å²) < 4.78 is 16.6. The molecule has 2 saturated heterocycles. The molecule has 0 bridgehead atoms. The predicted molar refractivity (Wildman–Crippen MR) is 103 cm³/mol. The van der Waals surface area contributed by atoms with Crippen LogP contribution in [0.15, 0.2) is 24.3 Å². The zero-order valence-corrected chi connectivity index (χ0v) is 16.2. The summed E-state index contributed by atoms with van der Waals surface area (Å²) >= 11 is 5.64. The van der Waals surface area contributed by atoms with E-state index >= 15 is 0 Å². The van der Waals surface area contributed by atoms with E-state index in [1.807, 2.05) is 24.3 Å². The van der Waals surface area contributed by atoms with E-state index in [0.29, 0.717) is 32.1 Å². The fraction of sp³-hybridized carbons (Fsp3) is 0.579. The maximum absolute atomic E-state index is 12.1. The minimum Gasteiger partial charge on any atom is -0.484 e. The molecule has 26 heavy (non-hydrogen) atoms. The molecule has 142 valence electrons. The van der Waals surface area contributed by atoms with Crippen molar-refractivity contribution in [3.63, 3.8) is 0 Å². The smallest absolute Gasteiger partial charge is 0.260 e. The van der Waals surface area contributed by atoms with Gasteiger partial charge < -0.3 is 24.0 Å². The summed E-state index contributed by atoms with van der Waals surface area (Å²) in [4.78, 5) is 16.9. The van der Waals surface area contributed by atoms with E-state index in [1.165, 1.54) is 0 Å². The van der Waals surface area contributed by atoms with Crippen molar-refractivity contribution in [1.29, 1.82) is 0 Å². The van der Waals surface area contributed by atoms with Crippen LogP contribution in [0.1, 0.15) is 19.4 Å². The monoisotopic (exact) mass is 378 g/mol. The fourth-order valence-electron chi connectivity index (χ4n) is 3.27. The highest BCUT2D eigenvalue weighted by atomic mass is 32.1. The highest BCUT2D eigenvalue weighted by molar-refractivity contribution is 7.80. The number of thiocarbonyl (C=S) groups is 1. The van der Waals surface area contributed by atoms with Gasteiger partial charge in [-0.15, -0.1) is 0 Å². The van der Waals surface area contributed by atoms with Crippen molar-refractivity contribution in [2.24, 2.45) is 0 Å². The van der Waals surface area contributed by atoms with Crippen molar-refractivity contribution in [3.05, 3.63) is 29.8 Å². The molecular formula is C19H26N2O4S. The van der Waals surface area contributed by atoms with Crippen LogP contribution in [-0.2, 0) is 14.3 Å². The van der Waals surface area contributed by atoms with Gasteiger partial charge in [0.15, 0.2) is 6.61 Å². The van der Waals surface area contributed by atoms with Gasteiger partial charge in [-0.1, -0.05) is 12.2 Å². The highest BCUT2D eigenvalue weighted by Crippen LogP contribution is 2.18. The van der Waals surface area contributed by atoms with Gasteiger partial charge in [0.1, 0.15) is 10.7 Å². The first kappa shape index (κ1) is 19.1. The molecule has 0 aromatic heterocycles. The van der Waals surface area contributed by atoms with Gasteiger partial charge in [0.25, 0.3) is 5.91 Å². The summed E-state index contributed by atoms with van der Waals surface area (Å²) in [6, 6.07) is 7.62. The topological polar surface area (TPSA) is 51.2 Å². The summed E-state index contributed by atoms with van der Waals surface area (Å²) in [6.07, 6.45) is 0.344. The molecule has 2 atom stereocenters. The first-order chi connectivity index (χ1) is 12.5. The Morgan fingerprint density at radius 2 is 1.73 bits per heavy atom. The second-order valence-electron chi connectivity index (χ2n) is 6.77. The van der Waals surface area contributed by atoms with Crippen LogP contribution in [0.4, 0.5) is 0 Å². The van der Waals surface area contributed by atoms with Crippen LogP contribution in [0.2, 0.25) is 0 Å². The predicted octanol–water partition coefficient (Wildman–Crippen LogP) is 1.71. The molecule has 2 heterocycles. The Balaban J connectivity index is 1.53. The fourth-order valence-corrected chi connectivity index (χ4v) is 3.55. The van der Waals surface area contributed by atoms with Crippen LogP contribution in [0.25, 0.3) is 0 Å². The molecule has 0 aliphatic carbocycles. The highest BCUT2D eigenvalue weighted by Gasteiger charge is 2.24. The van der Waals surface area contributed by atoms with Gasteiger partial charge in [-0.2, -0.15) is 0 Å². The summed E-state index contributed by atoms with van der Waals surface area (Å²) in [5.41, 5.74) is 0.980. The summed E-state index contributed by atoms with van der Waals surface area (Å²) in [7, 11) is 0. The van der Waals surface area contributed by atoms with Crippen molar-refractivity contribution in [1.82, 2.24) is 9.80 Å². The third-order valence-electron chi connectivity index (χ3n) is 4.53. The van der Waals surface area contributed by atoms with Gasteiger partial charge in [0.05, 0.1) is 25.4 Å². The van der Waals surface area contributed by atoms with Crippen LogP contribution in [0.5, 0.6) is 5.75 Å². The first-order valence-corrected chi connectivity index (χ1v) is 9.47. The molecule has 2 aliphatic heterocycles. The number of hydrogen-bond donors (Lipinski definition) is 0. The molecule has 2 aliphatic rings. The van der Waals surface area contributed by atoms with Gasteiger partial charge >= 0.3 is 0 Å². The Kier molecular flexibility index (Phi) is 6.45. The van der Waals surface area contributed by atoms with Crippen molar-refractivity contribution in [2.75, 3.05) is 46.0 Å². The Bertz CT molecular complexity index is 621. The van der Waals surface area contributed by atoms with Crippen LogP contribution in [-0.4, -0.2) is 78.9 Å². The second-order valence-corrected chi connectivity index (χ2v) is 7.16. The standard InChI is InChI=1S/C19H26N2O4S/c1-14-11-21(12-15(2)25-14)19(26)16-3-5-17(6-4-16)24-13-18(22)20-7-9-23-10-8-20/h3-6,14-15H,7-13H2,1-2H3/t14-,15-/m0/s1. The third kappa shape index (κ3) is 4.93. The van der Waals surface area contributed by atoms with Crippen molar-refractivity contribution in [2.45, 2.75) is 26.1 Å². The molecule has 0 spiro atoms. The minimum absolute atomic E-state index is 0.0100. The van der Waals surface area contributed by atoms with E-state index in [2.05, 4.69) is 18.7 Å². The van der Waals surface area contributed by atoms with Gasteiger partial charge in [-0.25, -0.2) is 0 Å². The molecule has 0 N–H and O–H groups in total. The quantitative estimate of drug-likeness (QED) is 0.744. The molecule has 1 aromatic rings. The molecule has 0 saturated carbocycles. The number of hydrogen-bond acceptors (Lipinski definition) is 5. The van der Waals surface area contributed by atoms with Crippen LogP contribution in [0, 0.1) is 0 Å². The number of rotatable bonds is 4. The summed E-state index contributed by atoms with van der Waals surface area (Å²) in [5.74, 6) is 0.658. The number of morpholine rings is 2. The number of ether oxygens (including phenoxy) is 3. The number of carbonyl (C=O) groups excluding carboxylic acids is 1. The number of benzene rings is 1. The number of nitrogens with zero attached hydrogens (tertiary/aromatic N) is 2. The lowest BCUT2D eigenvalue weighted by molar-refractivity contribution is -0.137. The Morgan fingerprint density at radius 1 is 1.12 bits per heavy atom. The SMILES string of the molecule is C[C@H]1CN(C(=S)c2ccc(OCC(=O)N3CCOCC3)cc2)C[C@H](C)O1. The molecule has 0 radical (unpaired) electrons. The van der Waals surface area contributed by atoms with E-state index in [0.717, 1.165) is 23.6 Å². The average Bonchev–Trinajstić information content (AvgIpc) is 2.66. The lowest BCUT2D eigenvalue weighted by Crippen LogP contribution is -2.47. The molecule has 1 aromatic carbocycles. The van der Waals surface area contributed by atoms with Gasteiger partial charge in [-0.3, -0.25) is 4.79 Å². The molecule has 7 heteroatoms. The molecular weight excluding hydrogens is 352 g/mol. The normalized spacial score (nSPS) is 23.6. The van der Waals surface area contributed by atoms with Crippen molar-refractivity contribution < 1.29 is 19.0 Å². The lowest BCUT2D eigenvalue weighted by atomic mass is 10.1. The third-order valence-corrected chi connectivity index (χ3v) is 5.03. The van der Waals surface area contributed by atoms with E-state index in [-0.39, 0.29) is 24.7 Å². The van der Waals surface area contributed by atoms with Gasteiger partial charge in [0.2, 0.25) is 0 Å². The Hall–Kier alpha value is -1.70. The summed E-state index contributed by atoms with van der Waals surface area (Å²) in [6.45, 7) is 8.22. The van der Waals surface area contributed by atoms with E-state index in [4.69, 9.17) is 26.4 Å². The molecule has 6 nitrogen and oxygen atoms in total. The van der Waals surface area contributed by atoms with Crippen molar-refractivity contribution in [3.8, 4) is 5.75 Å². The first-order valence-electron chi connectivity index (χ1n) is 9.06. The number of carbonyl (C=O) groups is 1. The summed E-state index contributed by atoms with van der Waals surface area (Å²) in [5, 5.41) is 0. The van der Waals surface area contributed by atoms with E-state index < -0.39 is 0 Å². The maximum atomic E-state index is 12.1. The van der Waals surface area contributed by atoms with E-state index in [9.17, 15) is 4.79 Å². The van der Waals surface area contributed by atoms with E-state index in [1.54, 1.807) is 4.90 Å². The lowest BCUT2D eigenvalue weighted by Gasteiger charge is -2.37. The second kappa shape index (κ2) is 8.79. The molecule has 3 rings (SSSR count). The van der Waals surface area contributed by atoms with Crippen LogP contribution in [0.3, 0.4) is 0 Å². The Labute approximate surface area is 160 Å². The van der Waals surface area contributed by atoms with Gasteiger partial charge in [0, 0.05) is 31.7 Å².